The fourth-order valence-electron chi connectivity index (χ4n) is 2.92. The molecule has 0 bridgehead atoms. The fraction of sp³-hybridized carbons (Fsp3) is 0.0833. The fourth-order valence-corrected chi connectivity index (χ4v) is 3.59. The van der Waals surface area contributed by atoms with Crippen LogP contribution in [0.4, 0.5) is 0 Å². The zero-order chi connectivity index (χ0) is 19.4. The van der Waals surface area contributed by atoms with Crippen molar-refractivity contribution in [2.45, 2.75) is 13.8 Å². The summed E-state index contributed by atoms with van der Waals surface area (Å²) < 4.78 is 1.04. The van der Waals surface area contributed by atoms with Crippen LogP contribution in [0.1, 0.15) is 29.2 Å². The standard InChI is InChI=1S/C24H19BrN2/c1-16(18(3)20-8-6-19(14-26)7-9-20)12-23-17(2)11-22(13-24(23)25)21-5-4-10-27-15-21/h4-13,15H,3H2,1-2H3/b16-12+. The van der Waals surface area contributed by atoms with E-state index in [2.05, 4.69) is 71.7 Å². The minimum atomic E-state index is 0.651. The number of allylic oxidation sites excluding steroid dienone is 2. The van der Waals surface area contributed by atoms with E-state index in [1.54, 1.807) is 6.20 Å². The molecule has 2 nitrogen and oxygen atoms in total. The molecule has 1 aromatic heterocycles. The molecule has 0 amide bonds. The van der Waals surface area contributed by atoms with Crippen LogP contribution in [0.5, 0.6) is 0 Å². The maximum Gasteiger partial charge on any atom is 0.0991 e. The molecule has 3 rings (SSSR count). The van der Waals surface area contributed by atoms with Gasteiger partial charge >= 0.3 is 0 Å². The molecule has 132 valence electrons. The lowest BCUT2D eigenvalue weighted by Gasteiger charge is -2.12. The Kier molecular flexibility index (Phi) is 5.69. The van der Waals surface area contributed by atoms with E-state index in [0.29, 0.717) is 5.56 Å². The van der Waals surface area contributed by atoms with Crippen LogP contribution in [-0.2, 0) is 0 Å². The van der Waals surface area contributed by atoms with Gasteiger partial charge in [-0.15, -0.1) is 0 Å². The van der Waals surface area contributed by atoms with E-state index in [9.17, 15) is 0 Å². The van der Waals surface area contributed by atoms with Crippen LogP contribution in [0.3, 0.4) is 0 Å². The molecule has 1 heterocycles. The number of nitrogens with zero attached hydrogens (tertiary/aromatic N) is 2. The van der Waals surface area contributed by atoms with Crippen molar-refractivity contribution in [2.24, 2.45) is 0 Å². The minimum Gasteiger partial charge on any atom is -0.264 e. The van der Waals surface area contributed by atoms with Gasteiger partial charge in [-0.3, -0.25) is 4.98 Å². The van der Waals surface area contributed by atoms with Gasteiger partial charge < -0.3 is 0 Å². The van der Waals surface area contributed by atoms with Gasteiger partial charge in [-0.05, 0) is 71.5 Å². The van der Waals surface area contributed by atoms with Crippen molar-refractivity contribution in [3.05, 3.63) is 99.8 Å². The predicted octanol–water partition coefficient (Wildman–Crippen LogP) is 6.81. The molecule has 0 aliphatic rings. The average molecular weight is 415 g/mol. The van der Waals surface area contributed by atoms with Crippen molar-refractivity contribution >= 4 is 27.6 Å². The van der Waals surface area contributed by atoms with Crippen molar-refractivity contribution in [1.82, 2.24) is 4.98 Å². The van der Waals surface area contributed by atoms with Crippen LogP contribution >= 0.6 is 15.9 Å². The van der Waals surface area contributed by atoms with Gasteiger partial charge in [0.2, 0.25) is 0 Å². The van der Waals surface area contributed by atoms with Crippen molar-refractivity contribution in [3.63, 3.8) is 0 Å². The first-order valence-corrected chi connectivity index (χ1v) is 9.37. The monoisotopic (exact) mass is 414 g/mol. The third kappa shape index (κ3) is 4.24. The summed E-state index contributed by atoms with van der Waals surface area (Å²) in [4.78, 5) is 4.20. The predicted molar refractivity (Wildman–Crippen MR) is 116 cm³/mol. The van der Waals surface area contributed by atoms with Crippen LogP contribution in [0.25, 0.3) is 22.8 Å². The lowest BCUT2D eigenvalue weighted by atomic mass is 9.95. The van der Waals surface area contributed by atoms with Gasteiger partial charge in [-0.2, -0.15) is 5.26 Å². The Morgan fingerprint density at radius 3 is 2.48 bits per heavy atom. The number of nitriles is 1. The second-order valence-electron chi connectivity index (χ2n) is 6.43. The Morgan fingerprint density at radius 1 is 1.15 bits per heavy atom. The zero-order valence-electron chi connectivity index (χ0n) is 15.3. The van der Waals surface area contributed by atoms with Crippen molar-refractivity contribution in [2.75, 3.05) is 0 Å². The lowest BCUT2D eigenvalue weighted by molar-refractivity contribution is 1.32. The van der Waals surface area contributed by atoms with Crippen LogP contribution in [-0.4, -0.2) is 4.98 Å². The maximum atomic E-state index is 8.94. The molecule has 0 saturated heterocycles. The van der Waals surface area contributed by atoms with E-state index in [1.807, 2.05) is 36.5 Å². The second kappa shape index (κ2) is 8.16. The minimum absolute atomic E-state index is 0.651. The number of hydrogen-bond acceptors (Lipinski definition) is 2. The van der Waals surface area contributed by atoms with Crippen molar-refractivity contribution < 1.29 is 0 Å². The highest BCUT2D eigenvalue weighted by Crippen LogP contribution is 2.32. The third-order valence-corrected chi connectivity index (χ3v) is 5.19. The summed E-state index contributed by atoms with van der Waals surface area (Å²) in [7, 11) is 0. The van der Waals surface area contributed by atoms with Gasteiger partial charge in [0, 0.05) is 22.4 Å². The Morgan fingerprint density at radius 2 is 1.89 bits per heavy atom. The summed E-state index contributed by atoms with van der Waals surface area (Å²) in [5, 5.41) is 8.94. The first-order valence-electron chi connectivity index (χ1n) is 8.58. The molecule has 3 heteroatoms. The molecular weight excluding hydrogens is 396 g/mol. The number of aryl methyl sites for hydroxylation is 1. The molecule has 0 aliphatic carbocycles. The highest BCUT2D eigenvalue weighted by Gasteiger charge is 2.08. The number of hydrogen-bond donors (Lipinski definition) is 0. The molecule has 2 aromatic carbocycles. The Hall–Kier alpha value is -2.96. The highest BCUT2D eigenvalue weighted by atomic mass is 79.9. The van der Waals surface area contributed by atoms with E-state index < -0.39 is 0 Å². The molecule has 27 heavy (non-hydrogen) atoms. The van der Waals surface area contributed by atoms with E-state index in [0.717, 1.165) is 37.9 Å². The van der Waals surface area contributed by atoms with Gasteiger partial charge in [0.1, 0.15) is 0 Å². The number of aromatic nitrogens is 1. The molecule has 0 N–H and O–H groups in total. The third-order valence-electron chi connectivity index (χ3n) is 4.53. The first-order chi connectivity index (χ1) is 13.0. The molecule has 0 unspecified atom stereocenters. The average Bonchev–Trinajstić information content (AvgIpc) is 2.70. The van der Waals surface area contributed by atoms with E-state index in [1.165, 1.54) is 5.56 Å². The summed E-state index contributed by atoms with van der Waals surface area (Å²) in [6, 6.07) is 17.9. The van der Waals surface area contributed by atoms with Crippen LogP contribution in [0.15, 0.2) is 77.5 Å². The number of halogens is 1. The van der Waals surface area contributed by atoms with Crippen molar-refractivity contribution in [1.29, 1.82) is 5.26 Å². The number of benzene rings is 2. The van der Waals surface area contributed by atoms with Gasteiger partial charge in [-0.25, -0.2) is 0 Å². The lowest BCUT2D eigenvalue weighted by Crippen LogP contribution is -1.90. The quantitative estimate of drug-likeness (QED) is 0.439. The van der Waals surface area contributed by atoms with Gasteiger partial charge in [0.25, 0.3) is 0 Å². The number of rotatable bonds is 4. The molecule has 0 spiro atoms. The Bertz CT molecular complexity index is 1030. The van der Waals surface area contributed by atoms with Crippen LogP contribution in [0.2, 0.25) is 0 Å². The Balaban J connectivity index is 1.93. The summed E-state index contributed by atoms with van der Waals surface area (Å²) in [5.41, 5.74) is 8.23. The van der Waals surface area contributed by atoms with Crippen LogP contribution < -0.4 is 0 Å². The topological polar surface area (TPSA) is 36.7 Å². The first kappa shape index (κ1) is 18.8. The zero-order valence-corrected chi connectivity index (χ0v) is 16.9. The molecule has 3 aromatic rings. The van der Waals surface area contributed by atoms with E-state index in [4.69, 9.17) is 5.26 Å². The molecule has 0 saturated carbocycles. The molecule has 0 fully saturated rings. The summed E-state index contributed by atoms with van der Waals surface area (Å²) in [6.45, 7) is 8.39. The smallest absolute Gasteiger partial charge is 0.0991 e. The van der Waals surface area contributed by atoms with E-state index >= 15 is 0 Å². The summed E-state index contributed by atoms with van der Waals surface area (Å²) in [5.74, 6) is 0. The molecule has 0 atom stereocenters. The van der Waals surface area contributed by atoms with Gasteiger partial charge in [0.15, 0.2) is 0 Å². The Labute approximate surface area is 168 Å². The highest BCUT2D eigenvalue weighted by molar-refractivity contribution is 9.10. The molecule has 0 radical (unpaired) electrons. The maximum absolute atomic E-state index is 8.94. The number of pyridine rings is 1. The largest absolute Gasteiger partial charge is 0.264 e. The van der Waals surface area contributed by atoms with Crippen molar-refractivity contribution in [3.8, 4) is 17.2 Å². The van der Waals surface area contributed by atoms with Crippen LogP contribution in [0, 0.1) is 18.3 Å². The summed E-state index contributed by atoms with van der Waals surface area (Å²) >= 11 is 3.72. The summed E-state index contributed by atoms with van der Waals surface area (Å²) in [6.07, 6.45) is 5.79. The molecular formula is C24H19BrN2. The second-order valence-corrected chi connectivity index (χ2v) is 7.28. The SMILES string of the molecule is C=C(/C(C)=C/c1c(C)cc(-c2cccnc2)cc1Br)c1ccc(C#N)cc1. The van der Waals surface area contributed by atoms with Gasteiger partial charge in [-0.1, -0.05) is 52.9 Å². The molecule has 0 aliphatic heterocycles. The van der Waals surface area contributed by atoms with Gasteiger partial charge in [0.05, 0.1) is 11.6 Å². The normalized spacial score (nSPS) is 11.1. The van der Waals surface area contributed by atoms with E-state index in [-0.39, 0.29) is 0 Å².